The van der Waals surface area contributed by atoms with Crippen molar-refractivity contribution in [1.82, 2.24) is 4.90 Å². The molecule has 0 bridgehead atoms. The molecule has 5 heteroatoms. The van der Waals surface area contributed by atoms with E-state index in [1.165, 1.54) is 0 Å². The van der Waals surface area contributed by atoms with E-state index >= 15 is 0 Å². The van der Waals surface area contributed by atoms with Gasteiger partial charge in [-0.25, -0.2) is 8.42 Å². The van der Waals surface area contributed by atoms with Crippen molar-refractivity contribution >= 4 is 25.8 Å². The van der Waals surface area contributed by atoms with Crippen molar-refractivity contribution in [1.29, 1.82) is 0 Å². The molecule has 0 radical (unpaired) electrons. The lowest BCUT2D eigenvalue weighted by Crippen LogP contribution is -2.34. The number of rotatable bonds is 7. The minimum absolute atomic E-state index is 0.272. The number of hydrogen-bond acceptors (Lipinski definition) is 3. The van der Waals surface area contributed by atoms with Gasteiger partial charge in [-0.05, 0) is 20.4 Å². The van der Waals surface area contributed by atoms with Crippen LogP contribution in [0.3, 0.4) is 0 Å². The van der Waals surface area contributed by atoms with E-state index in [2.05, 4.69) is 27.8 Å². The fourth-order valence-corrected chi connectivity index (χ4v) is 2.92. The molecule has 0 aromatic heterocycles. The molecule has 0 heterocycles. The third-order valence-corrected chi connectivity index (χ3v) is 5.02. The van der Waals surface area contributed by atoms with Gasteiger partial charge in [0.15, 0.2) is 9.84 Å². The Morgan fingerprint density at radius 3 is 2.36 bits per heavy atom. The van der Waals surface area contributed by atoms with Crippen LogP contribution in [0.1, 0.15) is 20.3 Å². The van der Waals surface area contributed by atoms with E-state index in [1.807, 2.05) is 14.0 Å². The Morgan fingerprint density at radius 1 is 1.36 bits per heavy atom. The van der Waals surface area contributed by atoms with Gasteiger partial charge in [-0.2, -0.15) is 0 Å². The van der Waals surface area contributed by atoms with E-state index in [9.17, 15) is 8.42 Å². The van der Waals surface area contributed by atoms with E-state index in [1.54, 1.807) is 0 Å². The lowest BCUT2D eigenvalue weighted by molar-refractivity contribution is 0.295. The summed E-state index contributed by atoms with van der Waals surface area (Å²) in [6, 6.07) is 0.381. The van der Waals surface area contributed by atoms with E-state index in [0.29, 0.717) is 24.8 Å². The van der Waals surface area contributed by atoms with Gasteiger partial charge in [0.25, 0.3) is 0 Å². The highest BCUT2D eigenvalue weighted by molar-refractivity contribution is 9.09. The number of halogens is 1. The fraction of sp³-hybridized carbons (Fsp3) is 1.00. The lowest BCUT2D eigenvalue weighted by atomic mass is 10.3. The van der Waals surface area contributed by atoms with Gasteiger partial charge in [0.2, 0.25) is 0 Å². The Kier molecular flexibility index (Phi) is 6.99. The number of alkyl halides is 1. The second-order valence-corrected chi connectivity index (χ2v) is 6.59. The van der Waals surface area contributed by atoms with Gasteiger partial charge < -0.3 is 4.90 Å². The van der Waals surface area contributed by atoms with Crippen molar-refractivity contribution in [2.75, 3.05) is 30.4 Å². The first kappa shape index (κ1) is 14.4. The van der Waals surface area contributed by atoms with Gasteiger partial charge in [0, 0.05) is 23.7 Å². The van der Waals surface area contributed by atoms with E-state index in [4.69, 9.17) is 0 Å². The van der Waals surface area contributed by atoms with E-state index < -0.39 is 9.84 Å². The second kappa shape index (κ2) is 6.80. The van der Waals surface area contributed by atoms with Gasteiger partial charge >= 0.3 is 0 Å². The minimum Gasteiger partial charge on any atom is -0.302 e. The summed E-state index contributed by atoms with van der Waals surface area (Å²) in [5.74, 6) is 0.582. The van der Waals surface area contributed by atoms with Crippen molar-refractivity contribution in [2.24, 2.45) is 0 Å². The van der Waals surface area contributed by atoms with Crippen molar-refractivity contribution in [3.63, 3.8) is 0 Å². The Hall–Kier alpha value is 0.390. The van der Waals surface area contributed by atoms with Crippen LogP contribution >= 0.6 is 15.9 Å². The molecule has 0 aliphatic heterocycles. The van der Waals surface area contributed by atoms with Gasteiger partial charge in [-0.3, -0.25) is 0 Å². The predicted octanol–water partition coefficient (Wildman–Crippen LogP) is 1.53. The molecule has 0 aliphatic carbocycles. The largest absolute Gasteiger partial charge is 0.302 e. The highest BCUT2D eigenvalue weighted by Crippen LogP contribution is 2.01. The van der Waals surface area contributed by atoms with E-state index in [-0.39, 0.29) is 5.75 Å². The van der Waals surface area contributed by atoms with Crippen LogP contribution in [0.2, 0.25) is 0 Å². The molecular formula is C9H20BrNO2S. The molecule has 0 N–H and O–H groups in total. The van der Waals surface area contributed by atoms with Gasteiger partial charge in [0.1, 0.15) is 0 Å². The van der Waals surface area contributed by atoms with Crippen molar-refractivity contribution < 1.29 is 8.42 Å². The molecule has 0 rings (SSSR count). The number of sulfone groups is 1. The first-order chi connectivity index (χ1) is 6.43. The third-order valence-electron chi connectivity index (χ3n) is 2.25. The van der Waals surface area contributed by atoms with Gasteiger partial charge in [0.05, 0.1) is 5.75 Å². The lowest BCUT2D eigenvalue weighted by Gasteiger charge is -2.22. The quantitative estimate of drug-likeness (QED) is 0.666. The summed E-state index contributed by atoms with van der Waals surface area (Å²) in [4.78, 5) is 2.06. The monoisotopic (exact) mass is 285 g/mol. The maximum Gasteiger partial charge on any atom is 0.151 e. The van der Waals surface area contributed by atoms with Crippen LogP contribution in [0, 0.1) is 0 Å². The average Bonchev–Trinajstić information content (AvgIpc) is 2.13. The Morgan fingerprint density at radius 2 is 1.93 bits per heavy atom. The molecule has 14 heavy (non-hydrogen) atoms. The second-order valence-electron chi connectivity index (χ2n) is 3.64. The molecule has 0 aromatic rings. The maximum atomic E-state index is 11.4. The van der Waals surface area contributed by atoms with Crippen LogP contribution < -0.4 is 0 Å². The molecule has 0 aliphatic rings. The summed E-state index contributed by atoms with van der Waals surface area (Å²) in [7, 11) is -0.874. The predicted molar refractivity (Wildman–Crippen MR) is 64.8 cm³/mol. The number of hydrogen-bond donors (Lipinski definition) is 0. The van der Waals surface area contributed by atoms with Crippen LogP contribution in [0.15, 0.2) is 0 Å². The maximum absolute atomic E-state index is 11.4. The molecule has 86 valence electrons. The topological polar surface area (TPSA) is 37.4 Å². The Labute approximate surface area is 95.9 Å². The molecule has 3 nitrogen and oxygen atoms in total. The molecule has 0 saturated heterocycles. The van der Waals surface area contributed by atoms with Crippen LogP contribution in [-0.2, 0) is 9.84 Å². The smallest absolute Gasteiger partial charge is 0.151 e. The van der Waals surface area contributed by atoms with Crippen molar-refractivity contribution in [3.8, 4) is 0 Å². The average molecular weight is 286 g/mol. The van der Waals surface area contributed by atoms with Crippen LogP contribution in [-0.4, -0.2) is 49.8 Å². The molecule has 0 spiro atoms. The highest BCUT2D eigenvalue weighted by Gasteiger charge is 2.13. The summed E-state index contributed by atoms with van der Waals surface area (Å²) < 4.78 is 22.8. The standard InChI is InChI=1S/C9H20BrNO2S/c1-4-6-14(12,13)7-5-11(3)9(2)8-10/h9H,4-8H2,1-3H3. The zero-order valence-corrected chi connectivity index (χ0v) is 11.6. The molecule has 0 aromatic carbocycles. The van der Waals surface area contributed by atoms with Crippen LogP contribution in [0.25, 0.3) is 0 Å². The molecule has 1 atom stereocenters. The molecular weight excluding hydrogens is 266 g/mol. The molecule has 0 amide bonds. The third kappa shape index (κ3) is 5.98. The van der Waals surface area contributed by atoms with Crippen molar-refractivity contribution in [2.45, 2.75) is 26.3 Å². The minimum atomic E-state index is -2.83. The summed E-state index contributed by atoms with van der Waals surface area (Å²) in [5, 5.41) is 0.872. The summed E-state index contributed by atoms with van der Waals surface area (Å²) in [5.41, 5.74) is 0. The zero-order valence-electron chi connectivity index (χ0n) is 9.16. The first-order valence-electron chi connectivity index (χ1n) is 4.89. The van der Waals surface area contributed by atoms with Crippen molar-refractivity contribution in [3.05, 3.63) is 0 Å². The van der Waals surface area contributed by atoms with Gasteiger partial charge in [-0.15, -0.1) is 0 Å². The van der Waals surface area contributed by atoms with Crippen LogP contribution in [0.4, 0.5) is 0 Å². The zero-order chi connectivity index (χ0) is 11.2. The molecule has 0 fully saturated rings. The fourth-order valence-electron chi connectivity index (χ4n) is 1.03. The first-order valence-corrected chi connectivity index (χ1v) is 7.84. The SMILES string of the molecule is CCCS(=O)(=O)CCN(C)C(C)CBr. The summed E-state index contributed by atoms with van der Waals surface area (Å²) >= 11 is 3.38. The normalized spacial score (nSPS) is 14.6. The Balaban J connectivity index is 3.93. The Bertz CT molecular complexity index is 241. The highest BCUT2D eigenvalue weighted by atomic mass is 79.9. The van der Waals surface area contributed by atoms with Gasteiger partial charge in [-0.1, -0.05) is 22.9 Å². The molecule has 0 saturated carbocycles. The molecule has 1 unspecified atom stereocenters. The van der Waals surface area contributed by atoms with E-state index in [0.717, 1.165) is 5.33 Å². The number of nitrogens with zero attached hydrogens (tertiary/aromatic N) is 1. The van der Waals surface area contributed by atoms with Crippen LogP contribution in [0.5, 0.6) is 0 Å². The summed E-state index contributed by atoms with van der Waals surface area (Å²) in [6.45, 7) is 4.58. The summed E-state index contributed by atoms with van der Waals surface area (Å²) in [6.07, 6.45) is 0.708.